The van der Waals surface area contributed by atoms with Crippen LogP contribution in [0.4, 0.5) is 17.5 Å². The first-order chi connectivity index (χ1) is 23.9. The fourth-order valence-corrected chi connectivity index (χ4v) is 7.50. The van der Waals surface area contributed by atoms with Crippen molar-refractivity contribution in [3.8, 4) is 0 Å². The van der Waals surface area contributed by atoms with Crippen LogP contribution in [0.15, 0.2) is 53.6 Å². The second-order valence-corrected chi connectivity index (χ2v) is 13.6. The average Bonchev–Trinajstić information content (AvgIpc) is 3.66. The first-order valence-electron chi connectivity index (χ1n) is 17.6. The maximum Gasteiger partial charge on any atom is 0.263 e. The molecule has 5 heterocycles. The van der Waals surface area contributed by atoms with Gasteiger partial charge in [-0.1, -0.05) is 37.1 Å². The van der Waals surface area contributed by atoms with E-state index in [-0.39, 0.29) is 40.9 Å². The van der Waals surface area contributed by atoms with E-state index in [1.807, 2.05) is 42.6 Å². The Bertz CT molecular complexity index is 1870. The zero-order valence-electron chi connectivity index (χ0n) is 28.3. The first-order valence-corrected chi connectivity index (χ1v) is 17.6. The third-order valence-electron chi connectivity index (χ3n) is 10.3. The monoisotopic (exact) mass is 664 g/mol. The lowest BCUT2D eigenvalue weighted by Crippen LogP contribution is -2.36. The Kier molecular flexibility index (Phi) is 9.81. The highest BCUT2D eigenvalue weighted by Gasteiger charge is 2.28. The van der Waals surface area contributed by atoms with Gasteiger partial charge in [0.15, 0.2) is 17.9 Å². The summed E-state index contributed by atoms with van der Waals surface area (Å²) in [4.78, 5) is 55.4. The van der Waals surface area contributed by atoms with E-state index in [1.165, 1.54) is 6.92 Å². The molecule has 1 N–H and O–H groups in total. The van der Waals surface area contributed by atoms with E-state index >= 15 is 0 Å². The number of Topliss-reactive ketones (excluding diaryl/α,β-unsaturated/α-hetero) is 2. The van der Waals surface area contributed by atoms with Crippen molar-refractivity contribution in [2.75, 3.05) is 29.9 Å². The topological polar surface area (TPSA) is 129 Å². The second-order valence-electron chi connectivity index (χ2n) is 13.6. The van der Waals surface area contributed by atoms with Gasteiger partial charge in [-0.2, -0.15) is 4.98 Å². The van der Waals surface area contributed by atoms with Crippen molar-refractivity contribution in [3.63, 3.8) is 0 Å². The van der Waals surface area contributed by atoms with Crippen molar-refractivity contribution in [1.29, 1.82) is 0 Å². The summed E-state index contributed by atoms with van der Waals surface area (Å²) in [6, 6.07) is 11.7. The molecule has 3 aromatic heterocycles. The number of ether oxygens (including phenoxy) is 2. The largest absolute Gasteiger partial charge is 0.370 e. The van der Waals surface area contributed by atoms with Gasteiger partial charge in [-0.15, -0.1) is 0 Å². The molecule has 1 atom stereocenters. The van der Waals surface area contributed by atoms with Gasteiger partial charge in [0.25, 0.3) is 5.56 Å². The van der Waals surface area contributed by atoms with Gasteiger partial charge in [0.1, 0.15) is 11.5 Å². The van der Waals surface area contributed by atoms with Gasteiger partial charge < -0.3 is 19.7 Å². The number of anilines is 3. The molecule has 3 aliphatic rings. The van der Waals surface area contributed by atoms with Gasteiger partial charge in [0.05, 0.1) is 24.1 Å². The Morgan fingerprint density at radius 2 is 1.69 bits per heavy atom. The molecule has 0 amide bonds. The average molecular weight is 665 g/mol. The van der Waals surface area contributed by atoms with E-state index < -0.39 is 0 Å². The lowest BCUT2D eigenvalue weighted by atomic mass is 9.88. The Labute approximate surface area is 286 Å². The van der Waals surface area contributed by atoms with Crippen molar-refractivity contribution in [2.45, 2.75) is 90.6 Å². The van der Waals surface area contributed by atoms with Crippen LogP contribution >= 0.6 is 0 Å². The summed E-state index contributed by atoms with van der Waals surface area (Å²) in [5.74, 6) is 0.870. The number of piperidine rings is 1. The zero-order chi connectivity index (χ0) is 33.9. The Morgan fingerprint density at radius 3 is 2.37 bits per heavy atom. The van der Waals surface area contributed by atoms with Gasteiger partial charge >= 0.3 is 0 Å². The Hall–Kier alpha value is -4.48. The molecule has 2 saturated heterocycles. The number of carbonyl (C=O) groups is 2. The van der Waals surface area contributed by atoms with Crippen LogP contribution in [0.1, 0.15) is 103 Å². The van der Waals surface area contributed by atoms with Gasteiger partial charge in [-0.25, -0.2) is 9.97 Å². The van der Waals surface area contributed by atoms with Crippen LogP contribution in [-0.4, -0.2) is 57.1 Å². The summed E-state index contributed by atoms with van der Waals surface area (Å²) in [7, 11) is 0. The van der Waals surface area contributed by atoms with Crippen LogP contribution < -0.4 is 15.8 Å². The fraction of sp³-hybridized carbons (Fsp3) is 0.474. The quantitative estimate of drug-likeness (QED) is 0.183. The smallest absolute Gasteiger partial charge is 0.263 e. The molecule has 256 valence electrons. The number of carbonyl (C=O) groups excluding carboxylic acids is 2. The summed E-state index contributed by atoms with van der Waals surface area (Å²) in [5.41, 5.74) is 3.89. The number of hydrogen-bond acceptors (Lipinski definition) is 10. The van der Waals surface area contributed by atoms with E-state index in [4.69, 9.17) is 14.5 Å². The number of fused-ring (bicyclic) bond motifs is 1. The molecule has 0 radical (unpaired) electrons. The molecule has 2 aliphatic heterocycles. The van der Waals surface area contributed by atoms with Crippen molar-refractivity contribution in [2.24, 2.45) is 5.92 Å². The number of aromatic nitrogens is 4. The molecular weight excluding hydrogens is 620 g/mol. The van der Waals surface area contributed by atoms with Gasteiger partial charge in [0, 0.05) is 48.8 Å². The van der Waals surface area contributed by atoms with Gasteiger partial charge in [0.2, 0.25) is 5.95 Å². The lowest BCUT2D eigenvalue weighted by Gasteiger charge is -2.32. The van der Waals surface area contributed by atoms with Crippen LogP contribution in [0.2, 0.25) is 0 Å². The number of nitrogens with zero attached hydrogens (tertiary/aromatic N) is 5. The molecule has 0 bridgehead atoms. The third kappa shape index (κ3) is 7.14. The molecule has 11 nitrogen and oxygen atoms in total. The van der Waals surface area contributed by atoms with Gasteiger partial charge in [-0.3, -0.25) is 19.0 Å². The normalized spacial score (nSPS) is 19.0. The minimum atomic E-state index is -0.272. The number of pyridine rings is 2. The highest BCUT2D eigenvalue weighted by atomic mass is 16.7. The Balaban J connectivity index is 0.971. The van der Waals surface area contributed by atoms with E-state index in [0.29, 0.717) is 35.0 Å². The van der Waals surface area contributed by atoms with E-state index in [1.54, 1.807) is 17.7 Å². The highest BCUT2D eigenvalue weighted by Crippen LogP contribution is 2.32. The van der Waals surface area contributed by atoms with Crippen molar-refractivity contribution in [3.05, 3.63) is 81.4 Å². The van der Waals surface area contributed by atoms with Crippen LogP contribution in [-0.2, 0) is 16.1 Å². The first kappa shape index (κ1) is 33.0. The molecule has 0 spiro atoms. The lowest BCUT2D eigenvalue weighted by molar-refractivity contribution is -0.168. The minimum Gasteiger partial charge on any atom is -0.370 e. The van der Waals surface area contributed by atoms with E-state index in [0.717, 1.165) is 94.3 Å². The van der Waals surface area contributed by atoms with Crippen LogP contribution in [0.25, 0.3) is 11.0 Å². The van der Waals surface area contributed by atoms with Gasteiger partial charge in [-0.05, 0) is 82.1 Å². The molecule has 1 aliphatic carbocycles. The molecule has 1 aromatic carbocycles. The SMILES string of the molecule is CC(=O)c1c(C)c2cnc(Nc3ccc(N4CCC(C(=O)c5ccc(COC6CCCCO6)cc5)CC4)cn3)nc2n(C2CCCC2)c1=O. The number of ketones is 2. The van der Waals surface area contributed by atoms with Crippen LogP contribution in [0.5, 0.6) is 0 Å². The van der Waals surface area contributed by atoms with Crippen molar-refractivity contribution < 1.29 is 19.1 Å². The molecular formula is C38H44N6O5. The molecule has 11 heteroatoms. The number of nitrogens with one attached hydrogen (secondary N) is 1. The number of hydrogen-bond donors (Lipinski definition) is 1. The molecule has 3 fully saturated rings. The standard InChI is InChI=1S/C38H44N6O5/c1-24-31-22-40-38(42-36(31)44(29-7-3-4-8-29)37(47)34(24)25(2)45)41-32-15-14-30(21-39-32)43-18-16-28(17-19-43)35(46)27-12-10-26(11-13-27)23-49-33-9-5-6-20-48-33/h10-15,21-22,28-29,33H,3-9,16-20,23H2,1-2H3,(H,39,40,41,42). The predicted molar refractivity (Wildman–Crippen MR) is 188 cm³/mol. The predicted octanol–water partition coefficient (Wildman–Crippen LogP) is 6.70. The summed E-state index contributed by atoms with van der Waals surface area (Å²) in [6.07, 6.45) is 12.0. The molecule has 49 heavy (non-hydrogen) atoms. The molecule has 1 saturated carbocycles. The molecule has 7 rings (SSSR count). The summed E-state index contributed by atoms with van der Waals surface area (Å²) in [6.45, 7) is 6.01. The highest BCUT2D eigenvalue weighted by molar-refractivity contribution is 5.99. The zero-order valence-corrected chi connectivity index (χ0v) is 28.3. The van der Waals surface area contributed by atoms with Crippen LogP contribution in [0, 0.1) is 12.8 Å². The Morgan fingerprint density at radius 1 is 0.939 bits per heavy atom. The number of rotatable bonds is 10. The maximum atomic E-state index is 13.5. The van der Waals surface area contributed by atoms with Crippen molar-refractivity contribution >= 4 is 40.1 Å². The molecule has 1 unspecified atom stereocenters. The van der Waals surface area contributed by atoms with E-state index in [9.17, 15) is 14.4 Å². The maximum absolute atomic E-state index is 13.5. The summed E-state index contributed by atoms with van der Waals surface area (Å²) < 4.78 is 13.2. The number of aryl methyl sites for hydroxylation is 1. The second kappa shape index (κ2) is 14.6. The summed E-state index contributed by atoms with van der Waals surface area (Å²) in [5, 5.41) is 3.90. The number of benzene rings is 1. The van der Waals surface area contributed by atoms with E-state index in [2.05, 4.69) is 20.2 Å². The third-order valence-corrected chi connectivity index (χ3v) is 10.3. The minimum absolute atomic E-state index is 0.00951. The summed E-state index contributed by atoms with van der Waals surface area (Å²) >= 11 is 0. The van der Waals surface area contributed by atoms with Crippen LogP contribution in [0.3, 0.4) is 0 Å². The molecule has 4 aromatic rings. The fourth-order valence-electron chi connectivity index (χ4n) is 7.50. The van der Waals surface area contributed by atoms with Crippen molar-refractivity contribution in [1.82, 2.24) is 19.5 Å².